The van der Waals surface area contributed by atoms with Gasteiger partial charge in [0, 0.05) is 30.4 Å². The van der Waals surface area contributed by atoms with Gasteiger partial charge in [-0.1, -0.05) is 35.8 Å². The third-order valence-electron chi connectivity index (χ3n) is 6.25. The average molecular weight is 669 g/mol. The monoisotopic (exact) mass is 668 g/mol. The Morgan fingerprint density at radius 3 is 2.09 bits per heavy atom. The summed E-state index contributed by atoms with van der Waals surface area (Å²) in [6.07, 6.45) is -1.49. The Bertz CT molecular complexity index is 1570. The number of anilines is 2. The minimum Gasteiger partial charge on any atom is -0.475 e. The molecule has 0 saturated carbocycles. The number of H-pyrrole nitrogens is 1. The lowest BCUT2D eigenvalue weighted by atomic mass is 10.0. The number of alkyl halides is 3. The molecule has 1 aliphatic heterocycles. The standard InChI is InChI=1S/C26H24Cl2N6O4.C2HF3O2/c1-2-21(35)30-16-8-6-15(7-9-16)26(38)34-12-10-17(11-13-34)31-25(37)23-20(14-29-33-23)32-24(36)22-18(27)4-3-5-19(22)28;3-2(4,5)1(6)7/h2-9,14,17H,1,10-13H2,(H,29,33)(H,30,35)(H,31,37)(H,32,36);(H,6,7). The minimum atomic E-state index is -5.08. The highest BCUT2D eigenvalue weighted by Crippen LogP contribution is 2.26. The molecule has 2 aromatic carbocycles. The molecule has 1 aliphatic rings. The van der Waals surface area contributed by atoms with Crippen molar-refractivity contribution in [2.45, 2.75) is 25.1 Å². The summed E-state index contributed by atoms with van der Waals surface area (Å²) in [7, 11) is 0. The van der Waals surface area contributed by atoms with Crippen molar-refractivity contribution in [3.8, 4) is 0 Å². The van der Waals surface area contributed by atoms with Gasteiger partial charge in [-0.25, -0.2) is 4.79 Å². The summed E-state index contributed by atoms with van der Waals surface area (Å²) in [5.74, 6) is -4.23. The van der Waals surface area contributed by atoms with E-state index in [1.807, 2.05) is 0 Å². The number of carboxylic acid groups (broad SMARTS) is 1. The normalized spacial score (nSPS) is 13.1. The number of amides is 4. The van der Waals surface area contributed by atoms with Crippen LogP contribution in [0, 0.1) is 0 Å². The molecule has 1 saturated heterocycles. The molecule has 0 bridgehead atoms. The summed E-state index contributed by atoms with van der Waals surface area (Å²) < 4.78 is 31.7. The zero-order valence-corrected chi connectivity index (χ0v) is 24.6. The summed E-state index contributed by atoms with van der Waals surface area (Å²) in [4.78, 5) is 60.5. The number of aromatic nitrogens is 2. The molecule has 4 amide bonds. The topological polar surface area (TPSA) is 174 Å². The van der Waals surface area contributed by atoms with E-state index in [2.05, 4.69) is 32.7 Å². The van der Waals surface area contributed by atoms with Gasteiger partial charge in [0.25, 0.3) is 17.7 Å². The first-order valence-corrected chi connectivity index (χ1v) is 13.7. The fourth-order valence-corrected chi connectivity index (χ4v) is 4.58. The molecule has 1 fully saturated rings. The van der Waals surface area contributed by atoms with Crippen molar-refractivity contribution in [2.24, 2.45) is 0 Å². The van der Waals surface area contributed by atoms with Crippen LogP contribution in [0.3, 0.4) is 0 Å². The van der Waals surface area contributed by atoms with Gasteiger partial charge in [-0.05, 0) is 55.3 Å². The molecule has 17 heteroatoms. The molecule has 5 N–H and O–H groups in total. The molecule has 2 heterocycles. The van der Waals surface area contributed by atoms with Gasteiger partial charge in [0.2, 0.25) is 5.91 Å². The number of rotatable bonds is 7. The Balaban J connectivity index is 0.000000707. The molecule has 45 heavy (non-hydrogen) atoms. The molecular formula is C28H25Cl2F3N6O6. The van der Waals surface area contributed by atoms with Gasteiger partial charge in [0.05, 0.1) is 27.5 Å². The summed E-state index contributed by atoms with van der Waals surface area (Å²) in [6, 6.07) is 11.1. The van der Waals surface area contributed by atoms with E-state index in [0.29, 0.717) is 37.2 Å². The number of carbonyl (C=O) groups is 5. The van der Waals surface area contributed by atoms with Gasteiger partial charge in [0.15, 0.2) is 0 Å². The number of likely N-dealkylation sites (tertiary alicyclic amines) is 1. The highest BCUT2D eigenvalue weighted by molar-refractivity contribution is 6.40. The maximum Gasteiger partial charge on any atom is 0.490 e. The number of piperidine rings is 1. The first kappa shape index (κ1) is 34.6. The number of aromatic amines is 1. The highest BCUT2D eigenvalue weighted by atomic mass is 35.5. The van der Waals surface area contributed by atoms with Gasteiger partial charge >= 0.3 is 12.1 Å². The molecule has 12 nitrogen and oxygen atoms in total. The van der Waals surface area contributed by atoms with Crippen molar-refractivity contribution in [1.82, 2.24) is 20.4 Å². The van der Waals surface area contributed by atoms with Crippen molar-refractivity contribution >= 4 is 64.2 Å². The van der Waals surface area contributed by atoms with Crippen LogP contribution in [0.15, 0.2) is 61.3 Å². The van der Waals surface area contributed by atoms with E-state index in [9.17, 15) is 32.3 Å². The minimum absolute atomic E-state index is 0.0867. The summed E-state index contributed by atoms with van der Waals surface area (Å²) in [5.41, 5.74) is 1.43. The Kier molecular flexibility index (Phi) is 11.7. The summed E-state index contributed by atoms with van der Waals surface area (Å²) in [5, 5.41) is 22.2. The lowest BCUT2D eigenvalue weighted by molar-refractivity contribution is -0.192. The lowest BCUT2D eigenvalue weighted by Gasteiger charge is -2.32. The molecule has 0 unspecified atom stereocenters. The fraction of sp³-hybridized carbons (Fsp3) is 0.214. The van der Waals surface area contributed by atoms with Crippen LogP contribution in [0.2, 0.25) is 10.0 Å². The summed E-state index contributed by atoms with van der Waals surface area (Å²) in [6.45, 7) is 4.31. The molecule has 0 aliphatic carbocycles. The molecule has 0 atom stereocenters. The number of benzene rings is 2. The number of hydrogen-bond acceptors (Lipinski definition) is 6. The molecular weight excluding hydrogens is 644 g/mol. The van der Waals surface area contributed by atoms with Crippen LogP contribution in [-0.4, -0.2) is 75.1 Å². The van der Waals surface area contributed by atoms with E-state index in [4.69, 9.17) is 33.1 Å². The predicted molar refractivity (Wildman–Crippen MR) is 158 cm³/mol. The van der Waals surface area contributed by atoms with E-state index in [1.54, 1.807) is 47.4 Å². The van der Waals surface area contributed by atoms with Crippen molar-refractivity contribution in [1.29, 1.82) is 0 Å². The van der Waals surface area contributed by atoms with Gasteiger partial charge in [-0.3, -0.25) is 24.3 Å². The predicted octanol–water partition coefficient (Wildman–Crippen LogP) is 4.76. The van der Waals surface area contributed by atoms with Gasteiger partial charge in [-0.2, -0.15) is 18.3 Å². The Hall–Kier alpha value is -4.89. The third-order valence-corrected chi connectivity index (χ3v) is 6.88. The lowest BCUT2D eigenvalue weighted by Crippen LogP contribution is -2.46. The first-order valence-electron chi connectivity index (χ1n) is 12.9. The van der Waals surface area contributed by atoms with Crippen LogP contribution < -0.4 is 16.0 Å². The number of nitrogens with zero attached hydrogens (tertiary/aromatic N) is 2. The van der Waals surface area contributed by atoms with Crippen LogP contribution in [0.1, 0.15) is 44.0 Å². The fourth-order valence-electron chi connectivity index (χ4n) is 4.01. The highest BCUT2D eigenvalue weighted by Gasteiger charge is 2.38. The van der Waals surface area contributed by atoms with Gasteiger partial charge in [0.1, 0.15) is 5.69 Å². The maximum atomic E-state index is 12.9. The SMILES string of the molecule is C=CC(=O)Nc1ccc(C(=O)N2CCC(NC(=O)c3[nH]ncc3NC(=O)c3c(Cl)cccc3Cl)CC2)cc1.O=C(O)C(F)(F)F. The average Bonchev–Trinajstić information content (AvgIpc) is 3.45. The smallest absolute Gasteiger partial charge is 0.475 e. The van der Waals surface area contributed by atoms with Crippen molar-refractivity contribution in [2.75, 3.05) is 23.7 Å². The number of aliphatic carboxylic acids is 1. The van der Waals surface area contributed by atoms with E-state index in [-0.39, 0.29) is 44.8 Å². The molecule has 3 aromatic rings. The Morgan fingerprint density at radius 1 is 0.978 bits per heavy atom. The third kappa shape index (κ3) is 9.55. The zero-order chi connectivity index (χ0) is 33.3. The molecule has 0 spiro atoms. The number of halogens is 5. The molecule has 1 aromatic heterocycles. The zero-order valence-electron chi connectivity index (χ0n) is 23.1. The van der Waals surface area contributed by atoms with Gasteiger partial charge < -0.3 is 26.0 Å². The number of nitrogens with one attached hydrogen (secondary N) is 4. The number of carboxylic acids is 1. The number of carbonyl (C=O) groups excluding carboxylic acids is 4. The second-order valence-corrected chi connectivity index (χ2v) is 10.1. The van der Waals surface area contributed by atoms with Crippen LogP contribution in [0.25, 0.3) is 0 Å². The second kappa shape index (κ2) is 15.2. The van der Waals surface area contributed by atoms with E-state index in [1.165, 1.54) is 12.3 Å². The molecule has 0 radical (unpaired) electrons. The first-order chi connectivity index (χ1) is 21.2. The van der Waals surface area contributed by atoms with Crippen LogP contribution in [-0.2, 0) is 9.59 Å². The Labute approximate surface area is 263 Å². The number of hydrogen-bond donors (Lipinski definition) is 5. The quantitative estimate of drug-likeness (QED) is 0.226. The van der Waals surface area contributed by atoms with Crippen molar-refractivity contribution in [3.63, 3.8) is 0 Å². The second-order valence-electron chi connectivity index (χ2n) is 9.32. The van der Waals surface area contributed by atoms with Crippen molar-refractivity contribution in [3.05, 3.63) is 88.2 Å². The van der Waals surface area contributed by atoms with Crippen molar-refractivity contribution < 1.29 is 42.3 Å². The largest absolute Gasteiger partial charge is 0.490 e. The van der Waals surface area contributed by atoms with Crippen LogP contribution >= 0.6 is 23.2 Å². The molecule has 4 rings (SSSR count). The van der Waals surface area contributed by atoms with Crippen LogP contribution in [0.5, 0.6) is 0 Å². The van der Waals surface area contributed by atoms with E-state index in [0.717, 1.165) is 0 Å². The maximum absolute atomic E-state index is 12.9. The Morgan fingerprint density at radius 2 is 1.56 bits per heavy atom. The molecule has 238 valence electrons. The summed E-state index contributed by atoms with van der Waals surface area (Å²) >= 11 is 12.2. The van der Waals surface area contributed by atoms with Crippen LogP contribution in [0.4, 0.5) is 24.5 Å². The van der Waals surface area contributed by atoms with E-state index >= 15 is 0 Å². The van der Waals surface area contributed by atoms with E-state index < -0.39 is 24.0 Å². The van der Waals surface area contributed by atoms with Gasteiger partial charge in [-0.15, -0.1) is 0 Å².